The van der Waals surface area contributed by atoms with Crippen molar-refractivity contribution in [1.29, 1.82) is 0 Å². The highest BCUT2D eigenvalue weighted by molar-refractivity contribution is 9.10. The number of hydrogen-bond donors (Lipinski definition) is 0. The van der Waals surface area contributed by atoms with E-state index in [-0.39, 0.29) is 22.4 Å². The van der Waals surface area contributed by atoms with Crippen LogP contribution in [0.3, 0.4) is 0 Å². The normalized spacial score (nSPS) is 20.9. The maximum atomic E-state index is 13.6. The average molecular weight is 574 g/mol. The molecule has 2 aliphatic carbocycles. The maximum absolute atomic E-state index is 13.6. The van der Waals surface area contributed by atoms with Crippen molar-refractivity contribution < 1.29 is 23.8 Å². The maximum Gasteiger partial charge on any atom is 0.175 e. The molecule has 1 heterocycles. The number of ether oxygens (including phenoxy) is 3. The SMILES string of the molecule is CCCCCCOc1c(Br)cc(C2C3=C(CC(C)(C)CC3=O)OC3=C2C(=O)CC(C)(C)C3)cc1OCC. The summed E-state index contributed by atoms with van der Waals surface area (Å²) in [5, 5.41) is 0. The van der Waals surface area contributed by atoms with Crippen molar-refractivity contribution in [2.24, 2.45) is 10.8 Å². The quantitative estimate of drug-likeness (QED) is 0.279. The van der Waals surface area contributed by atoms with Gasteiger partial charge in [0.2, 0.25) is 0 Å². The van der Waals surface area contributed by atoms with Crippen LogP contribution in [0.4, 0.5) is 0 Å². The van der Waals surface area contributed by atoms with Gasteiger partial charge in [-0.25, -0.2) is 0 Å². The number of benzene rings is 1. The molecule has 0 spiro atoms. The Labute approximate surface area is 230 Å². The molecule has 5 nitrogen and oxygen atoms in total. The Morgan fingerprint density at radius 2 is 1.46 bits per heavy atom. The Hall–Kier alpha value is -2.08. The zero-order valence-corrected chi connectivity index (χ0v) is 24.8. The zero-order valence-electron chi connectivity index (χ0n) is 23.2. The van der Waals surface area contributed by atoms with Gasteiger partial charge in [0.05, 0.1) is 17.7 Å². The van der Waals surface area contributed by atoms with E-state index in [0.29, 0.717) is 61.5 Å². The van der Waals surface area contributed by atoms with Crippen molar-refractivity contribution in [3.8, 4) is 11.5 Å². The van der Waals surface area contributed by atoms with Crippen molar-refractivity contribution in [2.45, 2.75) is 98.8 Å². The summed E-state index contributed by atoms with van der Waals surface area (Å²) < 4.78 is 19.4. The van der Waals surface area contributed by atoms with E-state index in [9.17, 15) is 9.59 Å². The second kappa shape index (κ2) is 11.0. The molecule has 0 N–H and O–H groups in total. The van der Waals surface area contributed by atoms with Gasteiger partial charge >= 0.3 is 0 Å². The summed E-state index contributed by atoms with van der Waals surface area (Å²) >= 11 is 3.72. The predicted octanol–water partition coefficient (Wildman–Crippen LogP) is 8.21. The van der Waals surface area contributed by atoms with Gasteiger partial charge in [-0.05, 0) is 57.8 Å². The molecule has 1 aromatic rings. The summed E-state index contributed by atoms with van der Waals surface area (Å²) in [5.74, 6) is 2.41. The smallest absolute Gasteiger partial charge is 0.175 e. The van der Waals surface area contributed by atoms with Crippen LogP contribution in [0.5, 0.6) is 11.5 Å². The summed E-state index contributed by atoms with van der Waals surface area (Å²) in [7, 11) is 0. The van der Waals surface area contributed by atoms with Crippen molar-refractivity contribution in [3.63, 3.8) is 0 Å². The first-order valence-corrected chi connectivity index (χ1v) is 14.5. The average Bonchev–Trinajstić information content (AvgIpc) is 2.77. The monoisotopic (exact) mass is 572 g/mol. The minimum Gasteiger partial charge on any atom is -0.490 e. The first-order valence-electron chi connectivity index (χ1n) is 13.8. The molecule has 0 fully saturated rings. The van der Waals surface area contributed by atoms with Gasteiger partial charge in [0.1, 0.15) is 11.5 Å². The van der Waals surface area contributed by atoms with E-state index >= 15 is 0 Å². The van der Waals surface area contributed by atoms with E-state index in [0.717, 1.165) is 34.4 Å². The molecule has 202 valence electrons. The minimum absolute atomic E-state index is 0.0609. The minimum atomic E-state index is -0.458. The van der Waals surface area contributed by atoms with E-state index in [1.54, 1.807) is 0 Å². The third-order valence-electron chi connectivity index (χ3n) is 7.49. The van der Waals surface area contributed by atoms with Crippen molar-refractivity contribution in [1.82, 2.24) is 0 Å². The molecule has 4 rings (SSSR count). The molecule has 37 heavy (non-hydrogen) atoms. The van der Waals surface area contributed by atoms with Gasteiger partial charge in [-0.3, -0.25) is 9.59 Å². The van der Waals surface area contributed by atoms with Crippen molar-refractivity contribution in [2.75, 3.05) is 13.2 Å². The van der Waals surface area contributed by atoms with E-state index in [1.807, 2.05) is 19.1 Å². The summed E-state index contributed by atoms with van der Waals surface area (Å²) in [4.78, 5) is 27.2. The number of carbonyl (C=O) groups is 2. The number of halogens is 1. The van der Waals surface area contributed by atoms with E-state index in [4.69, 9.17) is 14.2 Å². The van der Waals surface area contributed by atoms with E-state index < -0.39 is 5.92 Å². The summed E-state index contributed by atoms with van der Waals surface area (Å²) in [5.41, 5.74) is 1.76. The number of Topliss-reactive ketones (excluding diaryl/α,β-unsaturated/α-hetero) is 2. The van der Waals surface area contributed by atoms with Crippen LogP contribution in [0, 0.1) is 10.8 Å². The van der Waals surface area contributed by atoms with Crippen molar-refractivity contribution >= 4 is 27.5 Å². The molecule has 0 saturated carbocycles. The molecule has 0 saturated heterocycles. The highest BCUT2D eigenvalue weighted by Gasteiger charge is 2.48. The first kappa shape index (κ1) is 27.9. The summed E-state index contributed by atoms with van der Waals surface area (Å²) in [6, 6.07) is 3.95. The molecule has 1 aromatic carbocycles. The predicted molar refractivity (Wildman–Crippen MR) is 149 cm³/mol. The molecule has 0 unspecified atom stereocenters. The van der Waals surface area contributed by atoms with Gasteiger partial charge in [-0.1, -0.05) is 53.9 Å². The highest BCUT2D eigenvalue weighted by Crippen LogP contribution is 2.54. The standard InChI is InChI=1S/C31H41BrO5/c1-7-9-10-11-12-36-29-20(32)13-19(14-23(29)35-8-2)26-27-21(33)15-30(3,4)17-24(27)37-25-18-31(5,6)16-22(34)28(25)26/h13-14,26H,7-12,15-18H2,1-6H3. The fourth-order valence-electron chi connectivity index (χ4n) is 5.87. The lowest BCUT2D eigenvalue weighted by atomic mass is 9.65. The van der Waals surface area contributed by atoms with Gasteiger partial charge in [0.25, 0.3) is 0 Å². The fourth-order valence-corrected chi connectivity index (χ4v) is 6.44. The van der Waals surface area contributed by atoms with Crippen LogP contribution in [-0.4, -0.2) is 24.8 Å². The van der Waals surface area contributed by atoms with Crippen LogP contribution in [0.25, 0.3) is 0 Å². The Bertz CT molecular complexity index is 1090. The topological polar surface area (TPSA) is 61.8 Å². The zero-order chi connectivity index (χ0) is 27.0. The van der Waals surface area contributed by atoms with Crippen LogP contribution in [-0.2, 0) is 14.3 Å². The van der Waals surface area contributed by atoms with Gasteiger partial charge < -0.3 is 14.2 Å². The second-order valence-electron chi connectivity index (χ2n) is 12.3. The Morgan fingerprint density at radius 3 is 2.00 bits per heavy atom. The molecule has 0 atom stereocenters. The molecular formula is C31H41BrO5. The molecule has 0 radical (unpaired) electrons. The third kappa shape index (κ3) is 6.00. The largest absolute Gasteiger partial charge is 0.490 e. The van der Waals surface area contributed by atoms with Crippen LogP contribution in [0.1, 0.15) is 104 Å². The first-order chi connectivity index (χ1) is 17.5. The van der Waals surface area contributed by atoms with Gasteiger partial charge in [-0.15, -0.1) is 0 Å². The van der Waals surface area contributed by atoms with Crippen LogP contribution in [0.15, 0.2) is 39.3 Å². The van der Waals surface area contributed by atoms with Crippen molar-refractivity contribution in [3.05, 3.63) is 44.8 Å². The lowest BCUT2D eigenvalue weighted by Crippen LogP contribution is -2.37. The van der Waals surface area contributed by atoms with Gasteiger partial charge in [-0.2, -0.15) is 0 Å². The summed E-state index contributed by atoms with van der Waals surface area (Å²) in [6.45, 7) is 13.6. The molecule has 0 amide bonds. The van der Waals surface area contributed by atoms with Crippen LogP contribution >= 0.6 is 15.9 Å². The number of rotatable bonds is 9. The third-order valence-corrected chi connectivity index (χ3v) is 8.08. The molecular weight excluding hydrogens is 532 g/mol. The summed E-state index contributed by atoms with van der Waals surface area (Å²) in [6.07, 6.45) is 6.70. The number of hydrogen-bond acceptors (Lipinski definition) is 5. The lowest BCUT2D eigenvalue weighted by molar-refractivity contribution is -0.120. The van der Waals surface area contributed by atoms with Gasteiger partial charge in [0, 0.05) is 42.7 Å². The number of allylic oxidation sites excluding steroid dienone is 4. The molecule has 0 bridgehead atoms. The second-order valence-corrected chi connectivity index (χ2v) is 13.1. The Balaban J connectivity index is 1.80. The molecule has 6 heteroatoms. The molecule has 1 aliphatic heterocycles. The number of carbonyl (C=O) groups excluding carboxylic acids is 2. The molecule has 3 aliphatic rings. The Morgan fingerprint density at radius 1 is 0.865 bits per heavy atom. The molecule has 0 aromatic heterocycles. The van der Waals surface area contributed by atoms with Gasteiger partial charge in [0.15, 0.2) is 23.1 Å². The number of ketones is 2. The highest BCUT2D eigenvalue weighted by atomic mass is 79.9. The van der Waals surface area contributed by atoms with E-state index in [1.165, 1.54) is 12.8 Å². The lowest BCUT2D eigenvalue weighted by Gasteiger charge is -2.42. The fraction of sp³-hybridized carbons (Fsp3) is 0.613. The number of unbranched alkanes of at least 4 members (excludes halogenated alkanes) is 3. The Kier molecular flexibility index (Phi) is 8.27. The van der Waals surface area contributed by atoms with E-state index in [2.05, 4.69) is 50.5 Å². The van der Waals surface area contributed by atoms with Crippen LogP contribution < -0.4 is 9.47 Å². The van der Waals surface area contributed by atoms with Crippen LogP contribution in [0.2, 0.25) is 0 Å².